The number of amides is 1. The number of rotatable bonds is 2. The Labute approximate surface area is 132 Å². The average Bonchev–Trinajstić information content (AvgIpc) is 3.03. The smallest absolute Gasteiger partial charge is 0.357 e. The third-order valence-corrected chi connectivity index (χ3v) is 3.97. The minimum atomic E-state index is -0.631. The fraction of sp³-hybridized carbons (Fsp3) is 0.188. The second-order valence-electron chi connectivity index (χ2n) is 5.22. The number of carbonyl (C=O) groups excluding carboxylic acids is 2. The van der Waals surface area contributed by atoms with E-state index in [1.165, 1.54) is 17.9 Å². The van der Waals surface area contributed by atoms with Gasteiger partial charge in [-0.3, -0.25) is 4.79 Å². The molecule has 1 amide bonds. The van der Waals surface area contributed by atoms with Crippen LogP contribution in [0.2, 0.25) is 0 Å². The maximum absolute atomic E-state index is 12.0. The lowest BCUT2D eigenvalue weighted by atomic mass is 10.1. The molecule has 2 aromatic rings. The van der Waals surface area contributed by atoms with Crippen LogP contribution in [0.15, 0.2) is 24.4 Å². The van der Waals surface area contributed by atoms with Crippen LogP contribution in [0.25, 0.3) is 5.69 Å². The fourth-order valence-electron chi connectivity index (χ4n) is 2.70. The van der Waals surface area contributed by atoms with Gasteiger partial charge in [-0.15, -0.1) is 0 Å². The van der Waals surface area contributed by atoms with Gasteiger partial charge in [0.2, 0.25) is 5.91 Å². The fourth-order valence-corrected chi connectivity index (χ4v) is 2.70. The van der Waals surface area contributed by atoms with E-state index < -0.39 is 5.97 Å². The number of carbonyl (C=O) groups is 2. The Bertz CT molecular complexity index is 876. The SMILES string of the molecule is COC(=O)c1c(N)c(C#N)cn1-c1ccc2c(c1)N(C)C(=O)C2. The number of methoxy groups -OCH3 is 1. The molecule has 7 nitrogen and oxygen atoms in total. The molecule has 1 aliphatic rings. The molecule has 0 unspecified atom stereocenters. The van der Waals surface area contributed by atoms with Gasteiger partial charge in [0.05, 0.1) is 24.8 Å². The van der Waals surface area contributed by atoms with Gasteiger partial charge in [0, 0.05) is 24.6 Å². The average molecular weight is 310 g/mol. The van der Waals surface area contributed by atoms with Crippen molar-refractivity contribution >= 4 is 23.3 Å². The predicted molar refractivity (Wildman–Crippen MR) is 83.3 cm³/mol. The Morgan fingerprint density at radius 1 is 1.43 bits per heavy atom. The van der Waals surface area contributed by atoms with Crippen molar-refractivity contribution in [3.63, 3.8) is 0 Å². The summed E-state index contributed by atoms with van der Waals surface area (Å²) in [5.41, 5.74) is 8.55. The van der Waals surface area contributed by atoms with Crippen molar-refractivity contribution in [1.29, 1.82) is 5.26 Å². The minimum absolute atomic E-state index is 0.00933. The van der Waals surface area contributed by atoms with Crippen molar-refractivity contribution < 1.29 is 14.3 Å². The molecule has 0 spiro atoms. The van der Waals surface area contributed by atoms with E-state index in [0.29, 0.717) is 12.1 Å². The molecule has 7 heteroatoms. The first-order chi connectivity index (χ1) is 11.0. The van der Waals surface area contributed by atoms with E-state index in [9.17, 15) is 9.59 Å². The van der Waals surface area contributed by atoms with Crippen LogP contribution in [0.4, 0.5) is 11.4 Å². The van der Waals surface area contributed by atoms with Gasteiger partial charge in [-0.1, -0.05) is 6.07 Å². The highest BCUT2D eigenvalue weighted by Gasteiger charge is 2.26. The maximum atomic E-state index is 12.0. The molecule has 0 atom stereocenters. The monoisotopic (exact) mass is 310 g/mol. The van der Waals surface area contributed by atoms with Crippen molar-refractivity contribution in [3.05, 3.63) is 41.2 Å². The quantitative estimate of drug-likeness (QED) is 0.841. The molecule has 2 N–H and O–H groups in total. The van der Waals surface area contributed by atoms with Crippen LogP contribution in [0, 0.1) is 11.3 Å². The molecule has 0 fully saturated rings. The van der Waals surface area contributed by atoms with E-state index in [4.69, 9.17) is 15.7 Å². The summed E-state index contributed by atoms with van der Waals surface area (Å²) in [4.78, 5) is 25.4. The van der Waals surface area contributed by atoms with Crippen molar-refractivity contribution in [3.8, 4) is 11.8 Å². The first-order valence-corrected chi connectivity index (χ1v) is 6.87. The van der Waals surface area contributed by atoms with Gasteiger partial charge in [0.25, 0.3) is 0 Å². The second-order valence-corrected chi connectivity index (χ2v) is 5.22. The van der Waals surface area contributed by atoms with Gasteiger partial charge < -0.3 is 19.9 Å². The zero-order chi connectivity index (χ0) is 16.7. The van der Waals surface area contributed by atoms with E-state index >= 15 is 0 Å². The van der Waals surface area contributed by atoms with E-state index in [1.54, 1.807) is 24.1 Å². The van der Waals surface area contributed by atoms with E-state index in [-0.39, 0.29) is 22.9 Å². The number of anilines is 2. The molecule has 0 aliphatic carbocycles. The minimum Gasteiger partial charge on any atom is -0.464 e. The Kier molecular flexibility index (Phi) is 3.30. The molecule has 0 saturated carbocycles. The Morgan fingerprint density at radius 3 is 2.83 bits per heavy atom. The van der Waals surface area contributed by atoms with Crippen LogP contribution >= 0.6 is 0 Å². The van der Waals surface area contributed by atoms with Crippen LogP contribution in [-0.4, -0.2) is 30.6 Å². The summed E-state index contributed by atoms with van der Waals surface area (Å²) in [5.74, 6) is -0.621. The number of esters is 1. The number of benzene rings is 1. The summed E-state index contributed by atoms with van der Waals surface area (Å²) in [6, 6.07) is 7.34. The lowest BCUT2D eigenvalue weighted by molar-refractivity contribution is -0.117. The van der Waals surface area contributed by atoms with E-state index in [0.717, 1.165) is 11.3 Å². The van der Waals surface area contributed by atoms with Crippen molar-refractivity contribution in [2.75, 3.05) is 24.8 Å². The summed E-state index contributed by atoms with van der Waals surface area (Å²) in [5, 5.41) is 9.14. The van der Waals surface area contributed by atoms with E-state index in [2.05, 4.69) is 0 Å². The van der Waals surface area contributed by atoms with Crippen LogP contribution in [0.5, 0.6) is 0 Å². The Morgan fingerprint density at radius 2 is 2.17 bits per heavy atom. The molecule has 0 saturated heterocycles. The van der Waals surface area contributed by atoms with Gasteiger partial charge in [0.1, 0.15) is 6.07 Å². The van der Waals surface area contributed by atoms with Crippen LogP contribution in [0.3, 0.4) is 0 Å². The molecular weight excluding hydrogens is 296 g/mol. The topological polar surface area (TPSA) is 101 Å². The number of aromatic nitrogens is 1. The van der Waals surface area contributed by atoms with Crippen LogP contribution < -0.4 is 10.6 Å². The third kappa shape index (κ3) is 2.12. The van der Waals surface area contributed by atoms with Crippen LogP contribution in [-0.2, 0) is 16.0 Å². The van der Waals surface area contributed by atoms with Crippen molar-refractivity contribution in [2.45, 2.75) is 6.42 Å². The summed E-state index contributed by atoms with van der Waals surface area (Å²) < 4.78 is 6.26. The number of nitrogens with two attached hydrogens (primary N) is 1. The molecular formula is C16H14N4O3. The Balaban J connectivity index is 2.19. The zero-order valence-electron chi connectivity index (χ0n) is 12.7. The highest BCUT2D eigenvalue weighted by Crippen LogP contribution is 2.32. The van der Waals surface area contributed by atoms with Gasteiger partial charge in [-0.05, 0) is 17.7 Å². The number of fused-ring (bicyclic) bond motifs is 1. The molecule has 0 radical (unpaired) electrons. The largest absolute Gasteiger partial charge is 0.464 e. The number of likely N-dealkylation sites (N-methyl/N-ethyl adjacent to an activating group) is 1. The molecule has 1 aliphatic heterocycles. The zero-order valence-corrected chi connectivity index (χ0v) is 12.7. The molecule has 2 heterocycles. The molecule has 1 aromatic carbocycles. The summed E-state index contributed by atoms with van der Waals surface area (Å²) in [6.07, 6.45) is 1.84. The summed E-state index contributed by atoms with van der Waals surface area (Å²) in [7, 11) is 2.95. The first-order valence-electron chi connectivity index (χ1n) is 6.87. The number of ether oxygens (including phenoxy) is 1. The molecule has 3 rings (SSSR count). The summed E-state index contributed by atoms with van der Waals surface area (Å²) in [6.45, 7) is 0. The number of nitrogen functional groups attached to an aromatic ring is 1. The van der Waals surface area contributed by atoms with Crippen LogP contribution in [0.1, 0.15) is 21.6 Å². The standard InChI is InChI=1S/C16H14N4O3/c1-19-12-6-11(4-3-9(12)5-13(19)21)20-8-10(7-17)14(18)15(20)16(22)23-2/h3-4,6,8H,5,18H2,1-2H3. The number of hydrogen-bond acceptors (Lipinski definition) is 5. The molecule has 23 heavy (non-hydrogen) atoms. The molecule has 1 aromatic heterocycles. The molecule has 116 valence electrons. The third-order valence-electron chi connectivity index (χ3n) is 3.97. The van der Waals surface area contributed by atoms with Gasteiger partial charge in [-0.25, -0.2) is 4.79 Å². The van der Waals surface area contributed by atoms with Gasteiger partial charge in [-0.2, -0.15) is 5.26 Å². The summed E-state index contributed by atoms with van der Waals surface area (Å²) >= 11 is 0. The normalized spacial score (nSPS) is 12.9. The van der Waals surface area contributed by atoms with Crippen molar-refractivity contribution in [1.82, 2.24) is 4.57 Å². The Hall–Kier alpha value is -3.27. The first kappa shape index (κ1) is 14.7. The molecule has 0 bridgehead atoms. The van der Waals surface area contributed by atoms with Gasteiger partial charge in [0.15, 0.2) is 5.69 Å². The second kappa shape index (κ2) is 5.18. The van der Waals surface area contributed by atoms with E-state index in [1.807, 2.05) is 12.1 Å². The highest BCUT2D eigenvalue weighted by molar-refractivity contribution is 6.01. The maximum Gasteiger partial charge on any atom is 0.357 e. The highest BCUT2D eigenvalue weighted by atomic mass is 16.5. The number of nitriles is 1. The lowest BCUT2D eigenvalue weighted by Gasteiger charge is -2.13. The lowest BCUT2D eigenvalue weighted by Crippen LogP contribution is -2.20. The number of nitrogens with zero attached hydrogens (tertiary/aromatic N) is 3. The van der Waals surface area contributed by atoms with Crippen molar-refractivity contribution in [2.24, 2.45) is 0 Å². The number of hydrogen-bond donors (Lipinski definition) is 1. The van der Waals surface area contributed by atoms with Gasteiger partial charge >= 0.3 is 5.97 Å². The predicted octanol–water partition coefficient (Wildman–Crippen LogP) is 1.24.